The van der Waals surface area contributed by atoms with Gasteiger partial charge in [-0.1, -0.05) is 64.7 Å². The van der Waals surface area contributed by atoms with Gasteiger partial charge in [0.05, 0.1) is 6.67 Å². The average molecular weight is 446 g/mol. The van der Waals surface area contributed by atoms with Gasteiger partial charge in [0.1, 0.15) is 0 Å². The van der Waals surface area contributed by atoms with Gasteiger partial charge in [0.25, 0.3) is 4.84 Å². The summed E-state index contributed by atoms with van der Waals surface area (Å²) in [6, 6.07) is 3.77. The summed E-state index contributed by atoms with van der Waals surface area (Å²) in [6.07, 6.45) is 17.5. The Hall–Kier alpha value is -1.57. The van der Waals surface area contributed by atoms with Gasteiger partial charge in [-0.05, 0) is 37.3 Å². The van der Waals surface area contributed by atoms with E-state index in [0.717, 1.165) is 31.7 Å². The summed E-state index contributed by atoms with van der Waals surface area (Å²) in [5.41, 5.74) is 0.904. The second-order valence-corrected chi connectivity index (χ2v) is 9.04. The van der Waals surface area contributed by atoms with Crippen molar-refractivity contribution in [2.45, 2.75) is 77.8 Å². The highest BCUT2D eigenvalue weighted by Crippen LogP contribution is 2.17. The maximum absolute atomic E-state index is 5.68. The standard InChI is InChI=1S/C24H39N5OS/c1-2-3-4-5-6-7-8-9-10-11-16-27-17-19-28(20-18-27)21-29-24(31)30-23(26-29)22-12-14-25-15-13-22/h12-15H,2-11,16-21H2,1H3. The van der Waals surface area contributed by atoms with Crippen LogP contribution >= 0.6 is 12.2 Å². The molecule has 0 spiro atoms. The van der Waals surface area contributed by atoms with Crippen LogP contribution < -0.4 is 0 Å². The molecule has 1 saturated heterocycles. The highest BCUT2D eigenvalue weighted by molar-refractivity contribution is 7.71. The molecule has 0 unspecified atom stereocenters. The lowest BCUT2D eigenvalue weighted by atomic mass is 10.1. The van der Waals surface area contributed by atoms with E-state index in [4.69, 9.17) is 16.6 Å². The van der Waals surface area contributed by atoms with Crippen LogP contribution in [0.15, 0.2) is 28.9 Å². The Balaban J connectivity index is 1.27. The minimum absolute atomic E-state index is 0.430. The molecule has 7 heteroatoms. The number of piperazine rings is 1. The average Bonchev–Trinajstić information content (AvgIpc) is 3.17. The fourth-order valence-corrected chi connectivity index (χ4v) is 4.35. The topological polar surface area (TPSA) is 50.3 Å². The van der Waals surface area contributed by atoms with Crippen LogP contribution in [0, 0.1) is 4.84 Å². The molecule has 6 nitrogen and oxygen atoms in total. The second-order valence-electron chi connectivity index (χ2n) is 8.69. The largest absolute Gasteiger partial charge is 0.409 e. The maximum atomic E-state index is 5.68. The minimum Gasteiger partial charge on any atom is -0.409 e. The predicted molar refractivity (Wildman–Crippen MR) is 128 cm³/mol. The Labute approximate surface area is 192 Å². The molecule has 0 N–H and O–H groups in total. The van der Waals surface area contributed by atoms with Crippen LogP contribution in [-0.4, -0.2) is 57.3 Å². The van der Waals surface area contributed by atoms with Gasteiger partial charge in [-0.3, -0.25) is 9.88 Å². The first-order valence-corrected chi connectivity index (χ1v) is 12.6. The molecule has 0 radical (unpaired) electrons. The van der Waals surface area contributed by atoms with Gasteiger partial charge in [-0.15, -0.1) is 5.10 Å². The summed E-state index contributed by atoms with van der Waals surface area (Å²) in [5, 5.41) is 4.56. The van der Waals surface area contributed by atoms with Crippen LogP contribution in [0.3, 0.4) is 0 Å². The molecular weight excluding hydrogens is 406 g/mol. The summed E-state index contributed by atoms with van der Waals surface area (Å²) in [5.74, 6) is 0.562. The summed E-state index contributed by atoms with van der Waals surface area (Å²) in [6.45, 7) is 8.57. The van der Waals surface area contributed by atoms with E-state index in [0.29, 0.717) is 17.4 Å². The number of hydrogen-bond acceptors (Lipinski definition) is 6. The Bertz CT molecular complexity index is 783. The van der Waals surface area contributed by atoms with E-state index in [1.165, 1.54) is 70.8 Å². The van der Waals surface area contributed by atoms with Crippen LogP contribution in [0.25, 0.3) is 11.5 Å². The number of pyridine rings is 1. The molecule has 1 aliphatic heterocycles. The van der Waals surface area contributed by atoms with E-state index in [-0.39, 0.29) is 0 Å². The Morgan fingerprint density at radius 2 is 1.42 bits per heavy atom. The highest BCUT2D eigenvalue weighted by Gasteiger charge is 2.18. The zero-order valence-electron chi connectivity index (χ0n) is 19.2. The predicted octanol–water partition coefficient (Wildman–Crippen LogP) is 5.76. The number of aromatic nitrogens is 3. The monoisotopic (exact) mass is 445 g/mol. The van der Waals surface area contributed by atoms with Crippen molar-refractivity contribution < 1.29 is 4.42 Å². The van der Waals surface area contributed by atoms with Crippen molar-refractivity contribution in [3.05, 3.63) is 29.4 Å². The SMILES string of the molecule is CCCCCCCCCCCCN1CCN(Cn2nc(-c3ccncc3)oc2=S)CC1. The first-order chi connectivity index (χ1) is 15.3. The first kappa shape index (κ1) is 24.1. The van der Waals surface area contributed by atoms with E-state index in [2.05, 4.69) is 26.8 Å². The molecule has 0 saturated carbocycles. The third kappa shape index (κ3) is 8.47. The van der Waals surface area contributed by atoms with Crippen LogP contribution in [-0.2, 0) is 6.67 Å². The van der Waals surface area contributed by atoms with Gasteiger partial charge < -0.3 is 9.32 Å². The lowest BCUT2D eigenvalue weighted by molar-refractivity contribution is 0.100. The first-order valence-electron chi connectivity index (χ1n) is 12.2. The molecular formula is C24H39N5OS. The summed E-state index contributed by atoms with van der Waals surface area (Å²) < 4.78 is 7.48. The number of nitrogens with zero attached hydrogens (tertiary/aromatic N) is 5. The van der Waals surface area contributed by atoms with Crippen LogP contribution in [0.1, 0.15) is 71.1 Å². The normalized spacial score (nSPS) is 15.5. The third-order valence-electron chi connectivity index (χ3n) is 6.16. The van der Waals surface area contributed by atoms with Crippen molar-refractivity contribution in [1.82, 2.24) is 24.6 Å². The molecule has 0 bridgehead atoms. The van der Waals surface area contributed by atoms with E-state index >= 15 is 0 Å². The molecule has 31 heavy (non-hydrogen) atoms. The lowest BCUT2D eigenvalue weighted by Crippen LogP contribution is -2.47. The van der Waals surface area contributed by atoms with Gasteiger partial charge in [0.15, 0.2) is 0 Å². The van der Waals surface area contributed by atoms with Crippen molar-refractivity contribution >= 4 is 12.2 Å². The molecule has 3 heterocycles. The minimum atomic E-state index is 0.430. The molecule has 2 aromatic heterocycles. The van der Waals surface area contributed by atoms with Gasteiger partial charge in [0, 0.05) is 44.1 Å². The molecule has 0 amide bonds. The van der Waals surface area contributed by atoms with E-state index in [9.17, 15) is 0 Å². The molecule has 0 aliphatic carbocycles. The Morgan fingerprint density at radius 1 is 0.839 bits per heavy atom. The highest BCUT2D eigenvalue weighted by atomic mass is 32.1. The van der Waals surface area contributed by atoms with Crippen molar-refractivity contribution in [1.29, 1.82) is 0 Å². The lowest BCUT2D eigenvalue weighted by Gasteiger charge is -2.34. The molecule has 1 fully saturated rings. The molecule has 3 rings (SSSR count). The van der Waals surface area contributed by atoms with Crippen molar-refractivity contribution in [2.24, 2.45) is 0 Å². The third-order valence-corrected chi connectivity index (χ3v) is 6.45. The van der Waals surface area contributed by atoms with Crippen molar-refractivity contribution in [3.8, 4) is 11.5 Å². The fraction of sp³-hybridized carbons (Fsp3) is 0.708. The molecule has 1 aliphatic rings. The Kier molecular flexibility index (Phi) is 10.7. The van der Waals surface area contributed by atoms with Gasteiger partial charge in [0.2, 0.25) is 5.89 Å². The number of rotatable bonds is 14. The maximum Gasteiger partial charge on any atom is 0.288 e. The quantitative estimate of drug-likeness (QED) is 0.272. The van der Waals surface area contributed by atoms with Crippen molar-refractivity contribution in [2.75, 3.05) is 32.7 Å². The molecule has 172 valence electrons. The van der Waals surface area contributed by atoms with Crippen LogP contribution in [0.4, 0.5) is 0 Å². The number of hydrogen-bond donors (Lipinski definition) is 0. The summed E-state index contributed by atoms with van der Waals surface area (Å²) >= 11 is 5.37. The smallest absolute Gasteiger partial charge is 0.288 e. The van der Waals surface area contributed by atoms with Gasteiger partial charge in [-0.2, -0.15) is 0 Å². The fourth-order valence-electron chi connectivity index (χ4n) is 4.17. The van der Waals surface area contributed by atoms with Gasteiger partial charge >= 0.3 is 0 Å². The van der Waals surface area contributed by atoms with Crippen LogP contribution in [0.2, 0.25) is 0 Å². The molecule has 2 aromatic rings. The summed E-state index contributed by atoms with van der Waals surface area (Å²) in [7, 11) is 0. The van der Waals surface area contributed by atoms with E-state index in [1.54, 1.807) is 17.1 Å². The van der Waals surface area contributed by atoms with Gasteiger partial charge in [-0.25, -0.2) is 4.68 Å². The Morgan fingerprint density at radius 3 is 2.06 bits per heavy atom. The van der Waals surface area contributed by atoms with E-state index < -0.39 is 0 Å². The van der Waals surface area contributed by atoms with Crippen LogP contribution in [0.5, 0.6) is 0 Å². The van der Waals surface area contributed by atoms with E-state index in [1.807, 2.05) is 12.1 Å². The zero-order valence-corrected chi connectivity index (χ0v) is 20.0. The molecule has 0 atom stereocenters. The second kappa shape index (κ2) is 13.8. The zero-order chi connectivity index (χ0) is 21.7. The molecule has 0 aromatic carbocycles. The van der Waals surface area contributed by atoms with Crippen molar-refractivity contribution in [3.63, 3.8) is 0 Å². The summed E-state index contributed by atoms with van der Waals surface area (Å²) in [4.78, 5) is 9.48. The number of unbranched alkanes of at least 4 members (excludes halogenated alkanes) is 9.